The van der Waals surface area contributed by atoms with Crippen molar-refractivity contribution >= 4 is 11.6 Å². The van der Waals surface area contributed by atoms with Crippen molar-refractivity contribution < 1.29 is 4.79 Å². The Labute approximate surface area is 114 Å². The van der Waals surface area contributed by atoms with Crippen molar-refractivity contribution in [3.05, 3.63) is 54.6 Å². The molecule has 0 atom stereocenters. The molecule has 2 aromatic carbocycles. The molecule has 0 saturated heterocycles. The highest BCUT2D eigenvalue weighted by Crippen LogP contribution is 2.21. The zero-order valence-corrected chi connectivity index (χ0v) is 11.2. The SMILES string of the molecule is CCCCC(=O)Nc1ccc(-c2ccccc2)cc1. The zero-order chi connectivity index (χ0) is 13.5. The number of carbonyl (C=O) groups excluding carboxylic acids is 1. The van der Waals surface area contributed by atoms with Crippen molar-refractivity contribution in [1.29, 1.82) is 0 Å². The van der Waals surface area contributed by atoms with Gasteiger partial charge < -0.3 is 5.32 Å². The van der Waals surface area contributed by atoms with E-state index < -0.39 is 0 Å². The van der Waals surface area contributed by atoms with Gasteiger partial charge in [-0.1, -0.05) is 55.8 Å². The number of nitrogens with one attached hydrogen (secondary N) is 1. The summed E-state index contributed by atoms with van der Waals surface area (Å²) >= 11 is 0. The predicted molar refractivity (Wildman–Crippen MR) is 80.0 cm³/mol. The van der Waals surface area contributed by atoms with Crippen LogP contribution < -0.4 is 5.32 Å². The molecule has 2 nitrogen and oxygen atoms in total. The molecule has 98 valence electrons. The van der Waals surface area contributed by atoms with Crippen molar-refractivity contribution in [1.82, 2.24) is 0 Å². The molecule has 19 heavy (non-hydrogen) atoms. The van der Waals surface area contributed by atoms with E-state index in [2.05, 4.69) is 24.4 Å². The van der Waals surface area contributed by atoms with Crippen LogP contribution in [0.5, 0.6) is 0 Å². The number of anilines is 1. The van der Waals surface area contributed by atoms with Crippen LogP contribution in [0.1, 0.15) is 26.2 Å². The molecule has 2 aromatic rings. The molecule has 0 aliphatic carbocycles. The molecule has 2 rings (SSSR count). The molecule has 0 bridgehead atoms. The van der Waals surface area contributed by atoms with Crippen LogP contribution in [-0.2, 0) is 4.79 Å². The summed E-state index contributed by atoms with van der Waals surface area (Å²) in [5.41, 5.74) is 3.21. The van der Waals surface area contributed by atoms with Crippen LogP contribution in [0, 0.1) is 0 Å². The molecule has 0 unspecified atom stereocenters. The van der Waals surface area contributed by atoms with Gasteiger partial charge in [0.2, 0.25) is 5.91 Å². The van der Waals surface area contributed by atoms with Gasteiger partial charge in [-0.3, -0.25) is 4.79 Å². The van der Waals surface area contributed by atoms with Gasteiger partial charge in [0.25, 0.3) is 0 Å². The van der Waals surface area contributed by atoms with Crippen molar-refractivity contribution in [2.45, 2.75) is 26.2 Å². The lowest BCUT2D eigenvalue weighted by atomic mass is 10.1. The van der Waals surface area contributed by atoms with Gasteiger partial charge in [-0.25, -0.2) is 0 Å². The van der Waals surface area contributed by atoms with Crippen LogP contribution in [0.3, 0.4) is 0 Å². The molecule has 1 N–H and O–H groups in total. The molecule has 0 aliphatic heterocycles. The first kappa shape index (κ1) is 13.3. The Balaban J connectivity index is 2.01. The lowest BCUT2D eigenvalue weighted by Gasteiger charge is -2.06. The number of hydrogen-bond donors (Lipinski definition) is 1. The Morgan fingerprint density at radius 1 is 0.947 bits per heavy atom. The second-order valence-electron chi connectivity index (χ2n) is 4.60. The number of unbranched alkanes of at least 4 members (excludes halogenated alkanes) is 1. The van der Waals surface area contributed by atoms with Gasteiger partial charge in [0.15, 0.2) is 0 Å². The molecule has 1 amide bonds. The quantitative estimate of drug-likeness (QED) is 0.836. The molecule has 0 aliphatic rings. The molecule has 0 fully saturated rings. The van der Waals surface area contributed by atoms with Crippen LogP contribution in [0.4, 0.5) is 5.69 Å². The normalized spacial score (nSPS) is 10.2. The third-order valence-corrected chi connectivity index (χ3v) is 3.03. The first-order valence-corrected chi connectivity index (χ1v) is 6.75. The maximum Gasteiger partial charge on any atom is 0.224 e. The second kappa shape index (κ2) is 6.74. The van der Waals surface area contributed by atoms with E-state index in [-0.39, 0.29) is 5.91 Å². The molecular formula is C17H19NO. The third-order valence-electron chi connectivity index (χ3n) is 3.03. The molecule has 0 saturated carbocycles. The Bertz CT molecular complexity index is 517. The van der Waals surface area contributed by atoms with Crippen LogP contribution in [0.25, 0.3) is 11.1 Å². The van der Waals surface area contributed by atoms with Gasteiger partial charge in [-0.05, 0) is 29.7 Å². The Hall–Kier alpha value is -2.09. The highest BCUT2D eigenvalue weighted by molar-refractivity contribution is 5.90. The van der Waals surface area contributed by atoms with Crippen molar-refractivity contribution in [2.24, 2.45) is 0 Å². The average molecular weight is 253 g/mol. The molecule has 0 spiro atoms. The summed E-state index contributed by atoms with van der Waals surface area (Å²) in [5, 5.41) is 2.92. The highest BCUT2D eigenvalue weighted by Gasteiger charge is 2.02. The molecular weight excluding hydrogens is 234 g/mol. The van der Waals surface area contributed by atoms with Crippen LogP contribution in [0.15, 0.2) is 54.6 Å². The van der Waals surface area contributed by atoms with Gasteiger partial charge in [0, 0.05) is 12.1 Å². The number of benzene rings is 2. The van der Waals surface area contributed by atoms with E-state index in [0.717, 1.165) is 24.1 Å². The fourth-order valence-corrected chi connectivity index (χ4v) is 1.94. The first-order chi connectivity index (χ1) is 9.29. The lowest BCUT2D eigenvalue weighted by molar-refractivity contribution is -0.116. The average Bonchev–Trinajstić information content (AvgIpc) is 2.47. The number of rotatable bonds is 5. The molecule has 2 heteroatoms. The Kier molecular flexibility index (Phi) is 4.73. The topological polar surface area (TPSA) is 29.1 Å². The summed E-state index contributed by atoms with van der Waals surface area (Å²) in [6.45, 7) is 2.09. The van der Waals surface area contributed by atoms with Crippen molar-refractivity contribution in [3.63, 3.8) is 0 Å². The van der Waals surface area contributed by atoms with Crippen LogP contribution >= 0.6 is 0 Å². The summed E-state index contributed by atoms with van der Waals surface area (Å²) in [6, 6.07) is 18.2. The molecule has 0 heterocycles. The smallest absolute Gasteiger partial charge is 0.224 e. The summed E-state index contributed by atoms with van der Waals surface area (Å²) in [7, 11) is 0. The number of hydrogen-bond acceptors (Lipinski definition) is 1. The minimum Gasteiger partial charge on any atom is -0.326 e. The van der Waals surface area contributed by atoms with E-state index in [1.54, 1.807) is 0 Å². The van der Waals surface area contributed by atoms with E-state index in [1.807, 2.05) is 42.5 Å². The maximum absolute atomic E-state index is 11.6. The van der Waals surface area contributed by atoms with Crippen LogP contribution in [0.2, 0.25) is 0 Å². The summed E-state index contributed by atoms with van der Waals surface area (Å²) in [5.74, 6) is 0.0920. The van der Waals surface area contributed by atoms with Crippen molar-refractivity contribution in [2.75, 3.05) is 5.32 Å². The van der Waals surface area contributed by atoms with Gasteiger partial charge in [-0.2, -0.15) is 0 Å². The summed E-state index contributed by atoms with van der Waals surface area (Å²) in [6.07, 6.45) is 2.57. The fraction of sp³-hybridized carbons (Fsp3) is 0.235. The lowest BCUT2D eigenvalue weighted by Crippen LogP contribution is -2.10. The van der Waals surface area contributed by atoms with Crippen LogP contribution in [-0.4, -0.2) is 5.91 Å². The first-order valence-electron chi connectivity index (χ1n) is 6.75. The largest absolute Gasteiger partial charge is 0.326 e. The van der Waals surface area contributed by atoms with E-state index in [1.165, 1.54) is 5.56 Å². The number of carbonyl (C=O) groups is 1. The third kappa shape index (κ3) is 3.95. The van der Waals surface area contributed by atoms with Gasteiger partial charge in [0.1, 0.15) is 0 Å². The fourth-order valence-electron chi connectivity index (χ4n) is 1.94. The predicted octanol–water partition coefficient (Wildman–Crippen LogP) is 4.48. The standard InChI is InChI=1S/C17H19NO/c1-2-3-9-17(19)18-16-12-10-15(11-13-16)14-7-5-4-6-8-14/h4-8,10-13H,2-3,9H2,1H3,(H,18,19). The number of amides is 1. The second-order valence-corrected chi connectivity index (χ2v) is 4.60. The van der Waals surface area contributed by atoms with Gasteiger partial charge >= 0.3 is 0 Å². The van der Waals surface area contributed by atoms with E-state index in [4.69, 9.17) is 0 Å². The Morgan fingerprint density at radius 3 is 2.21 bits per heavy atom. The van der Waals surface area contributed by atoms with Crippen molar-refractivity contribution in [3.8, 4) is 11.1 Å². The molecule has 0 radical (unpaired) electrons. The minimum absolute atomic E-state index is 0.0920. The summed E-state index contributed by atoms with van der Waals surface area (Å²) in [4.78, 5) is 11.6. The monoisotopic (exact) mass is 253 g/mol. The van der Waals surface area contributed by atoms with E-state index >= 15 is 0 Å². The van der Waals surface area contributed by atoms with E-state index in [9.17, 15) is 4.79 Å². The van der Waals surface area contributed by atoms with E-state index in [0.29, 0.717) is 6.42 Å². The summed E-state index contributed by atoms with van der Waals surface area (Å²) < 4.78 is 0. The molecule has 0 aromatic heterocycles. The maximum atomic E-state index is 11.6. The van der Waals surface area contributed by atoms with Gasteiger partial charge in [-0.15, -0.1) is 0 Å². The Morgan fingerprint density at radius 2 is 1.58 bits per heavy atom. The minimum atomic E-state index is 0.0920. The van der Waals surface area contributed by atoms with Gasteiger partial charge in [0.05, 0.1) is 0 Å². The zero-order valence-electron chi connectivity index (χ0n) is 11.2. The highest BCUT2D eigenvalue weighted by atomic mass is 16.1.